The van der Waals surface area contributed by atoms with Crippen LogP contribution in [0.1, 0.15) is 32.1 Å². The summed E-state index contributed by atoms with van der Waals surface area (Å²) in [6.45, 7) is 0.0404. The minimum atomic E-state index is -0.387. The van der Waals surface area contributed by atoms with Crippen LogP contribution in [0.2, 0.25) is 5.02 Å². The van der Waals surface area contributed by atoms with Gasteiger partial charge < -0.3 is 10.4 Å². The maximum Gasteiger partial charge on any atom is 0.259 e. The van der Waals surface area contributed by atoms with Crippen molar-refractivity contribution in [2.45, 2.75) is 37.6 Å². The number of anilines is 1. The van der Waals surface area contributed by atoms with Crippen LogP contribution in [0.25, 0.3) is 22.2 Å². The number of aliphatic hydroxyl groups is 1. The summed E-state index contributed by atoms with van der Waals surface area (Å²) in [7, 11) is 1.70. The van der Waals surface area contributed by atoms with Gasteiger partial charge in [0.05, 0.1) is 12.1 Å². The van der Waals surface area contributed by atoms with Crippen molar-refractivity contribution < 1.29 is 5.11 Å². The molecule has 8 heteroatoms. The minimum absolute atomic E-state index is 0. The van der Waals surface area contributed by atoms with Crippen molar-refractivity contribution in [1.82, 2.24) is 14.5 Å². The summed E-state index contributed by atoms with van der Waals surface area (Å²) in [4.78, 5) is 22.0. The van der Waals surface area contributed by atoms with E-state index in [0.29, 0.717) is 27.7 Å². The first-order valence-corrected chi connectivity index (χ1v) is 9.91. The van der Waals surface area contributed by atoms with Gasteiger partial charge in [-0.25, -0.2) is 4.98 Å². The highest BCUT2D eigenvalue weighted by Crippen LogP contribution is 2.31. The Kier molecular flexibility index (Phi) is 6.46. The average molecular weight is 435 g/mol. The second-order valence-electron chi connectivity index (χ2n) is 7.50. The van der Waals surface area contributed by atoms with Gasteiger partial charge in [0.15, 0.2) is 0 Å². The number of rotatable bonds is 4. The maximum absolute atomic E-state index is 12.9. The van der Waals surface area contributed by atoms with E-state index >= 15 is 0 Å². The van der Waals surface area contributed by atoms with Crippen molar-refractivity contribution in [1.29, 1.82) is 0 Å². The quantitative estimate of drug-likeness (QED) is 0.643. The number of aryl methyl sites for hydroxylation is 1. The fraction of sp³-hybridized carbons (Fsp3) is 0.381. The van der Waals surface area contributed by atoms with Crippen LogP contribution in [-0.4, -0.2) is 31.8 Å². The summed E-state index contributed by atoms with van der Waals surface area (Å²) in [6, 6.07) is 9.07. The zero-order valence-electron chi connectivity index (χ0n) is 16.2. The molecule has 29 heavy (non-hydrogen) atoms. The normalized spacial score (nSPS) is 15.7. The van der Waals surface area contributed by atoms with Crippen LogP contribution in [-0.2, 0) is 7.05 Å². The molecule has 2 heterocycles. The van der Waals surface area contributed by atoms with E-state index in [9.17, 15) is 9.90 Å². The molecule has 0 unspecified atom stereocenters. The maximum atomic E-state index is 12.9. The first-order valence-electron chi connectivity index (χ1n) is 9.54. The number of nitrogens with zero attached hydrogens (tertiary/aromatic N) is 3. The lowest BCUT2D eigenvalue weighted by Gasteiger charge is -2.36. The Morgan fingerprint density at radius 2 is 1.93 bits per heavy atom. The molecule has 1 fully saturated rings. The number of benzene rings is 1. The van der Waals surface area contributed by atoms with E-state index in [0.717, 1.165) is 31.1 Å². The fourth-order valence-electron chi connectivity index (χ4n) is 3.97. The smallest absolute Gasteiger partial charge is 0.259 e. The molecule has 3 aromatic rings. The van der Waals surface area contributed by atoms with E-state index in [1.165, 1.54) is 11.0 Å². The zero-order valence-corrected chi connectivity index (χ0v) is 17.8. The van der Waals surface area contributed by atoms with E-state index in [1.807, 2.05) is 18.2 Å². The number of fused-ring (bicyclic) bond motifs is 1. The summed E-state index contributed by atoms with van der Waals surface area (Å²) in [5, 5.41) is 14.5. The van der Waals surface area contributed by atoms with E-state index in [2.05, 4.69) is 15.3 Å². The highest BCUT2D eigenvalue weighted by Gasteiger charge is 2.32. The molecular formula is C21H24Cl2N4O2. The summed E-state index contributed by atoms with van der Waals surface area (Å²) in [5.41, 5.74) is 1.20. The Hall–Kier alpha value is -2.15. The van der Waals surface area contributed by atoms with Gasteiger partial charge in [0, 0.05) is 34.8 Å². The van der Waals surface area contributed by atoms with Gasteiger partial charge in [-0.1, -0.05) is 49.1 Å². The predicted octanol–water partition coefficient (Wildman–Crippen LogP) is 4.18. The standard InChI is InChI=1S/C21H23ClN4O2.ClH/c1-26-18-14(11-16(19(26)28)15-7-3-4-8-17(15)22)12-23-20(24-18)25-21(13-27)9-5-2-6-10-21;/h3-4,7-8,11-12,27H,2,5-6,9-10,13H2,1H3,(H,23,24,25);1H. The largest absolute Gasteiger partial charge is 0.394 e. The SMILES string of the molecule is Cl.Cn1c(=O)c(-c2ccccc2Cl)cc2cnc(NC3(CO)CCCCC3)nc21. The third-order valence-corrected chi connectivity index (χ3v) is 5.93. The van der Waals surface area contributed by atoms with Crippen molar-refractivity contribution in [2.24, 2.45) is 7.05 Å². The Bertz CT molecular complexity index is 1080. The lowest BCUT2D eigenvalue weighted by molar-refractivity contribution is 0.172. The van der Waals surface area contributed by atoms with Gasteiger partial charge in [-0.2, -0.15) is 4.98 Å². The molecule has 0 aliphatic heterocycles. The van der Waals surface area contributed by atoms with Crippen LogP contribution in [0, 0.1) is 0 Å². The summed E-state index contributed by atoms with van der Waals surface area (Å²) < 4.78 is 1.52. The average Bonchev–Trinajstić information content (AvgIpc) is 2.72. The zero-order chi connectivity index (χ0) is 19.7. The summed E-state index contributed by atoms with van der Waals surface area (Å²) >= 11 is 6.29. The molecule has 1 aliphatic rings. The molecule has 2 aromatic heterocycles. The third-order valence-electron chi connectivity index (χ3n) is 5.60. The molecule has 6 nitrogen and oxygen atoms in total. The van der Waals surface area contributed by atoms with Crippen LogP contribution in [0.5, 0.6) is 0 Å². The van der Waals surface area contributed by atoms with Crippen LogP contribution >= 0.6 is 24.0 Å². The molecule has 0 spiro atoms. The second-order valence-corrected chi connectivity index (χ2v) is 7.91. The molecule has 1 aliphatic carbocycles. The van der Waals surface area contributed by atoms with Gasteiger partial charge in [0.25, 0.3) is 5.56 Å². The van der Waals surface area contributed by atoms with E-state index in [4.69, 9.17) is 11.6 Å². The number of hydrogen-bond acceptors (Lipinski definition) is 5. The Morgan fingerprint density at radius 3 is 2.62 bits per heavy atom. The van der Waals surface area contributed by atoms with E-state index < -0.39 is 0 Å². The van der Waals surface area contributed by atoms with Gasteiger partial charge in [-0.15, -0.1) is 12.4 Å². The fourth-order valence-corrected chi connectivity index (χ4v) is 4.21. The van der Waals surface area contributed by atoms with Crippen LogP contribution in [0.4, 0.5) is 5.95 Å². The highest BCUT2D eigenvalue weighted by molar-refractivity contribution is 6.33. The van der Waals surface area contributed by atoms with E-state index in [1.54, 1.807) is 25.4 Å². The molecule has 2 N–H and O–H groups in total. The van der Waals surface area contributed by atoms with Gasteiger partial charge >= 0.3 is 0 Å². The molecule has 4 rings (SSSR count). The number of aliphatic hydroxyl groups excluding tert-OH is 1. The molecule has 154 valence electrons. The Balaban J connectivity index is 0.00000240. The molecule has 0 saturated heterocycles. The molecule has 1 saturated carbocycles. The number of aromatic nitrogens is 3. The minimum Gasteiger partial charge on any atom is -0.394 e. The summed E-state index contributed by atoms with van der Waals surface area (Å²) in [6.07, 6.45) is 6.80. The van der Waals surface area contributed by atoms with Crippen molar-refractivity contribution >= 4 is 41.0 Å². The Labute approximate surface area is 180 Å². The number of hydrogen-bond donors (Lipinski definition) is 2. The predicted molar refractivity (Wildman–Crippen MR) is 119 cm³/mol. The van der Waals surface area contributed by atoms with Crippen LogP contribution in [0.3, 0.4) is 0 Å². The van der Waals surface area contributed by atoms with Gasteiger partial charge in [0.1, 0.15) is 5.65 Å². The molecule has 0 radical (unpaired) electrons. The van der Waals surface area contributed by atoms with Crippen molar-refractivity contribution in [2.75, 3.05) is 11.9 Å². The summed E-state index contributed by atoms with van der Waals surface area (Å²) in [5.74, 6) is 0.434. The number of halogens is 2. The van der Waals surface area contributed by atoms with Gasteiger partial charge in [0.2, 0.25) is 5.95 Å². The van der Waals surface area contributed by atoms with Crippen molar-refractivity contribution in [3.8, 4) is 11.1 Å². The molecule has 1 aromatic carbocycles. The lowest BCUT2D eigenvalue weighted by Crippen LogP contribution is -2.44. The molecular weight excluding hydrogens is 411 g/mol. The lowest BCUT2D eigenvalue weighted by atomic mass is 9.82. The monoisotopic (exact) mass is 434 g/mol. The van der Waals surface area contributed by atoms with Gasteiger partial charge in [-0.05, 0) is 25.0 Å². The van der Waals surface area contributed by atoms with Crippen molar-refractivity contribution in [3.05, 3.63) is 51.9 Å². The van der Waals surface area contributed by atoms with Crippen LogP contribution < -0.4 is 10.9 Å². The number of pyridine rings is 1. The third kappa shape index (κ3) is 4.10. The van der Waals surface area contributed by atoms with E-state index in [-0.39, 0.29) is 30.1 Å². The van der Waals surface area contributed by atoms with Crippen LogP contribution in [0.15, 0.2) is 41.3 Å². The number of nitrogens with one attached hydrogen (secondary N) is 1. The molecule has 0 atom stereocenters. The first-order chi connectivity index (χ1) is 13.5. The van der Waals surface area contributed by atoms with Crippen molar-refractivity contribution in [3.63, 3.8) is 0 Å². The first kappa shape index (κ1) is 21.6. The second kappa shape index (κ2) is 8.69. The highest BCUT2D eigenvalue weighted by atomic mass is 35.5. The topological polar surface area (TPSA) is 80.0 Å². The molecule has 0 amide bonds. The Morgan fingerprint density at radius 1 is 1.21 bits per heavy atom. The molecule has 0 bridgehead atoms. The van der Waals surface area contributed by atoms with Gasteiger partial charge in [-0.3, -0.25) is 9.36 Å².